The van der Waals surface area contributed by atoms with Crippen molar-refractivity contribution in [3.63, 3.8) is 0 Å². The van der Waals surface area contributed by atoms with Gasteiger partial charge in [-0.2, -0.15) is 5.26 Å². The predicted molar refractivity (Wildman–Crippen MR) is 89.3 cm³/mol. The van der Waals surface area contributed by atoms with Crippen LogP contribution in [-0.4, -0.2) is 27.8 Å². The number of H-pyrrole nitrogens is 1. The Bertz CT molecular complexity index is 1000. The molecule has 0 unspecified atom stereocenters. The minimum atomic E-state index is -0.227. The van der Waals surface area contributed by atoms with Crippen molar-refractivity contribution in [1.82, 2.24) is 14.9 Å². The van der Waals surface area contributed by atoms with Crippen LogP contribution in [0.3, 0.4) is 0 Å². The van der Waals surface area contributed by atoms with Gasteiger partial charge in [0.2, 0.25) is 0 Å². The van der Waals surface area contributed by atoms with Gasteiger partial charge in [0, 0.05) is 12.6 Å². The molecule has 0 radical (unpaired) electrons. The molecule has 2 aromatic carbocycles. The fraction of sp³-hybridized carbons (Fsp3) is 0.111. The van der Waals surface area contributed by atoms with Crippen LogP contribution in [0.1, 0.15) is 21.7 Å². The zero-order valence-corrected chi connectivity index (χ0v) is 13.0. The van der Waals surface area contributed by atoms with E-state index in [9.17, 15) is 9.59 Å². The van der Waals surface area contributed by atoms with Crippen LogP contribution < -0.4 is 5.56 Å². The van der Waals surface area contributed by atoms with E-state index in [0.717, 1.165) is 0 Å². The smallest absolute Gasteiger partial charge is 0.258 e. The molecule has 0 spiro atoms. The lowest BCUT2D eigenvalue weighted by Gasteiger charge is -2.16. The summed E-state index contributed by atoms with van der Waals surface area (Å²) in [6.07, 6.45) is 0. The van der Waals surface area contributed by atoms with E-state index in [1.165, 1.54) is 4.90 Å². The number of benzene rings is 2. The number of amides is 1. The molecule has 0 bridgehead atoms. The summed E-state index contributed by atoms with van der Waals surface area (Å²) in [6.45, 7) is 0.179. The second-order valence-electron chi connectivity index (χ2n) is 5.38. The summed E-state index contributed by atoms with van der Waals surface area (Å²) in [5.74, 6) is 0.207. The molecule has 1 heterocycles. The second-order valence-corrected chi connectivity index (χ2v) is 5.38. The summed E-state index contributed by atoms with van der Waals surface area (Å²) in [5, 5.41) is 9.31. The molecule has 3 rings (SSSR count). The van der Waals surface area contributed by atoms with Crippen molar-refractivity contribution in [2.75, 3.05) is 7.05 Å². The Kier molecular flexibility index (Phi) is 4.08. The Balaban J connectivity index is 1.83. The number of rotatable bonds is 3. The van der Waals surface area contributed by atoms with Gasteiger partial charge in [-0.1, -0.05) is 12.1 Å². The van der Waals surface area contributed by atoms with E-state index < -0.39 is 0 Å². The van der Waals surface area contributed by atoms with E-state index in [1.54, 1.807) is 49.5 Å². The Morgan fingerprint density at radius 2 is 1.92 bits per heavy atom. The first-order chi connectivity index (χ1) is 11.6. The maximum Gasteiger partial charge on any atom is 0.258 e. The molecular weight excluding hydrogens is 304 g/mol. The fourth-order valence-corrected chi connectivity index (χ4v) is 2.41. The van der Waals surface area contributed by atoms with Gasteiger partial charge in [0.15, 0.2) is 0 Å². The van der Waals surface area contributed by atoms with Crippen LogP contribution >= 0.6 is 0 Å². The lowest BCUT2D eigenvalue weighted by atomic mass is 10.1. The zero-order valence-electron chi connectivity index (χ0n) is 13.0. The van der Waals surface area contributed by atoms with E-state index in [0.29, 0.717) is 27.9 Å². The summed E-state index contributed by atoms with van der Waals surface area (Å²) in [5.41, 5.74) is 1.33. The van der Waals surface area contributed by atoms with Crippen LogP contribution in [0, 0.1) is 11.3 Å². The molecule has 0 aliphatic heterocycles. The molecule has 6 heteroatoms. The molecule has 0 aliphatic rings. The van der Waals surface area contributed by atoms with Crippen LogP contribution in [0.15, 0.2) is 53.3 Å². The standard InChI is InChI=1S/C18H14N4O2/c1-22(18(24)13-8-6-12(10-19)7-9-13)11-16-20-15-5-3-2-4-14(15)17(23)21-16/h2-9H,11H2,1H3,(H,20,21,23). The monoisotopic (exact) mass is 318 g/mol. The van der Waals surface area contributed by atoms with Crippen LogP contribution in [-0.2, 0) is 6.54 Å². The van der Waals surface area contributed by atoms with Crippen LogP contribution in [0.5, 0.6) is 0 Å². The average Bonchev–Trinajstić information content (AvgIpc) is 2.61. The minimum Gasteiger partial charge on any atom is -0.334 e. The van der Waals surface area contributed by atoms with E-state index in [4.69, 9.17) is 5.26 Å². The van der Waals surface area contributed by atoms with Gasteiger partial charge in [-0.05, 0) is 36.4 Å². The molecular formula is C18H14N4O2. The molecule has 6 nitrogen and oxygen atoms in total. The largest absolute Gasteiger partial charge is 0.334 e. The Morgan fingerprint density at radius 3 is 2.62 bits per heavy atom. The SMILES string of the molecule is CN(Cc1nc2ccccc2c(=O)[nH]1)C(=O)c1ccc(C#N)cc1. The fourth-order valence-electron chi connectivity index (χ4n) is 2.41. The summed E-state index contributed by atoms with van der Waals surface area (Å²) >= 11 is 0. The maximum absolute atomic E-state index is 12.4. The normalized spacial score (nSPS) is 10.3. The third-order valence-electron chi connectivity index (χ3n) is 3.66. The van der Waals surface area contributed by atoms with Gasteiger partial charge in [-0.15, -0.1) is 0 Å². The van der Waals surface area contributed by atoms with Crippen molar-refractivity contribution in [2.24, 2.45) is 0 Å². The molecule has 0 fully saturated rings. The average molecular weight is 318 g/mol. The summed E-state index contributed by atoms with van der Waals surface area (Å²) in [7, 11) is 1.63. The van der Waals surface area contributed by atoms with E-state index in [-0.39, 0.29) is 18.0 Å². The number of fused-ring (bicyclic) bond motifs is 1. The third kappa shape index (κ3) is 3.01. The van der Waals surface area contributed by atoms with Crippen LogP contribution in [0.4, 0.5) is 0 Å². The number of aromatic amines is 1. The van der Waals surface area contributed by atoms with E-state index in [2.05, 4.69) is 9.97 Å². The minimum absolute atomic E-state index is 0.179. The third-order valence-corrected chi connectivity index (χ3v) is 3.66. The number of hydrogen-bond acceptors (Lipinski definition) is 4. The maximum atomic E-state index is 12.4. The first kappa shape index (κ1) is 15.4. The van der Waals surface area contributed by atoms with Gasteiger partial charge in [0.1, 0.15) is 5.82 Å². The highest BCUT2D eigenvalue weighted by molar-refractivity contribution is 5.94. The topological polar surface area (TPSA) is 89.8 Å². The second kappa shape index (κ2) is 6.34. The van der Waals surface area contributed by atoms with Crippen molar-refractivity contribution >= 4 is 16.8 Å². The van der Waals surface area contributed by atoms with Crippen LogP contribution in [0.2, 0.25) is 0 Å². The Hall–Kier alpha value is -3.46. The van der Waals surface area contributed by atoms with Crippen molar-refractivity contribution in [2.45, 2.75) is 6.54 Å². The Morgan fingerprint density at radius 1 is 1.21 bits per heavy atom. The highest BCUT2D eigenvalue weighted by Gasteiger charge is 2.14. The van der Waals surface area contributed by atoms with Gasteiger partial charge in [0.25, 0.3) is 11.5 Å². The molecule has 0 aliphatic carbocycles. The van der Waals surface area contributed by atoms with Gasteiger partial charge >= 0.3 is 0 Å². The van der Waals surface area contributed by atoms with Crippen molar-refractivity contribution in [3.8, 4) is 6.07 Å². The summed E-state index contributed by atoms with van der Waals surface area (Å²) < 4.78 is 0. The molecule has 0 atom stereocenters. The highest BCUT2D eigenvalue weighted by atomic mass is 16.2. The van der Waals surface area contributed by atoms with E-state index in [1.807, 2.05) is 12.1 Å². The molecule has 1 amide bonds. The number of hydrogen-bond donors (Lipinski definition) is 1. The first-order valence-corrected chi connectivity index (χ1v) is 7.32. The molecule has 3 aromatic rings. The van der Waals surface area contributed by atoms with Gasteiger partial charge in [-0.25, -0.2) is 4.98 Å². The lowest BCUT2D eigenvalue weighted by Crippen LogP contribution is -2.28. The quantitative estimate of drug-likeness (QED) is 0.800. The predicted octanol–water partition coefficient (Wildman–Crippen LogP) is 2.07. The molecule has 1 aromatic heterocycles. The summed E-state index contributed by atoms with van der Waals surface area (Å²) in [6, 6.07) is 15.5. The molecule has 24 heavy (non-hydrogen) atoms. The number of aromatic nitrogens is 2. The van der Waals surface area contributed by atoms with Crippen molar-refractivity contribution in [3.05, 3.63) is 75.8 Å². The number of nitrogens with one attached hydrogen (secondary N) is 1. The number of para-hydroxylation sites is 1. The number of carbonyl (C=O) groups is 1. The number of nitrogens with zero attached hydrogens (tertiary/aromatic N) is 3. The summed E-state index contributed by atoms with van der Waals surface area (Å²) in [4.78, 5) is 33.0. The van der Waals surface area contributed by atoms with Crippen molar-refractivity contribution in [1.29, 1.82) is 5.26 Å². The molecule has 0 saturated heterocycles. The van der Waals surface area contributed by atoms with E-state index >= 15 is 0 Å². The molecule has 0 saturated carbocycles. The van der Waals surface area contributed by atoms with Gasteiger partial charge < -0.3 is 9.88 Å². The van der Waals surface area contributed by atoms with Gasteiger partial charge in [-0.3, -0.25) is 9.59 Å². The molecule has 1 N–H and O–H groups in total. The first-order valence-electron chi connectivity index (χ1n) is 7.32. The van der Waals surface area contributed by atoms with Gasteiger partial charge in [0.05, 0.1) is 29.1 Å². The highest BCUT2D eigenvalue weighted by Crippen LogP contribution is 2.10. The molecule has 118 valence electrons. The lowest BCUT2D eigenvalue weighted by molar-refractivity contribution is 0.0781. The van der Waals surface area contributed by atoms with Crippen molar-refractivity contribution < 1.29 is 4.79 Å². The number of nitriles is 1. The zero-order chi connectivity index (χ0) is 17.1. The van der Waals surface area contributed by atoms with Crippen LogP contribution in [0.25, 0.3) is 10.9 Å². The Labute approximate surface area is 138 Å². The number of carbonyl (C=O) groups excluding carboxylic acids is 1.